The van der Waals surface area contributed by atoms with Crippen LogP contribution in [0.3, 0.4) is 0 Å². The fourth-order valence-electron chi connectivity index (χ4n) is 2.53. The number of carbonyl (C=O) groups is 1. The lowest BCUT2D eigenvalue weighted by molar-refractivity contribution is -0.120. The number of para-hydroxylation sites is 1. The molecule has 140 valence electrons. The van der Waals surface area contributed by atoms with Gasteiger partial charge in [0.15, 0.2) is 0 Å². The van der Waals surface area contributed by atoms with Gasteiger partial charge in [0.25, 0.3) is 0 Å². The number of amides is 1. The largest absolute Gasteiger partial charge is 0.496 e. The number of sulfonamides is 1. The highest BCUT2D eigenvalue weighted by Gasteiger charge is 2.22. The van der Waals surface area contributed by atoms with Crippen molar-refractivity contribution in [1.82, 2.24) is 5.32 Å². The van der Waals surface area contributed by atoms with Crippen LogP contribution in [0.2, 0.25) is 0 Å². The van der Waals surface area contributed by atoms with Crippen LogP contribution in [-0.2, 0) is 14.8 Å². The molecule has 0 bridgehead atoms. The highest BCUT2D eigenvalue weighted by Crippen LogP contribution is 2.24. The molecule has 0 aromatic heterocycles. The number of hydrogen-bond donors (Lipinski definition) is 1. The second-order valence-corrected chi connectivity index (χ2v) is 7.68. The Kier molecular flexibility index (Phi) is 6.20. The molecule has 1 atom stereocenters. The van der Waals surface area contributed by atoms with Crippen molar-refractivity contribution in [2.75, 3.05) is 24.2 Å². The Balaban J connectivity index is 2.16. The molecule has 2 rings (SSSR count). The number of nitrogens with zero attached hydrogens (tertiary/aromatic N) is 1. The summed E-state index contributed by atoms with van der Waals surface area (Å²) in [5.74, 6) is -0.353. The van der Waals surface area contributed by atoms with Gasteiger partial charge in [0, 0.05) is 5.56 Å². The molecule has 0 aliphatic heterocycles. The molecule has 0 fully saturated rings. The molecule has 0 spiro atoms. The molecule has 6 nitrogen and oxygen atoms in total. The van der Waals surface area contributed by atoms with Crippen molar-refractivity contribution in [3.63, 3.8) is 0 Å². The van der Waals surface area contributed by atoms with Crippen molar-refractivity contribution >= 4 is 21.6 Å². The van der Waals surface area contributed by atoms with Crippen LogP contribution in [0.4, 0.5) is 10.1 Å². The molecule has 2 aromatic carbocycles. The van der Waals surface area contributed by atoms with Crippen LogP contribution in [-0.4, -0.2) is 34.2 Å². The van der Waals surface area contributed by atoms with E-state index in [2.05, 4.69) is 5.32 Å². The second-order valence-electron chi connectivity index (χ2n) is 5.78. The van der Waals surface area contributed by atoms with Gasteiger partial charge < -0.3 is 10.1 Å². The first-order valence-corrected chi connectivity index (χ1v) is 9.72. The number of nitrogens with one attached hydrogen (secondary N) is 1. The van der Waals surface area contributed by atoms with Gasteiger partial charge in [0.2, 0.25) is 15.9 Å². The van der Waals surface area contributed by atoms with Crippen molar-refractivity contribution in [3.8, 4) is 5.75 Å². The van der Waals surface area contributed by atoms with Gasteiger partial charge in [-0.3, -0.25) is 9.10 Å². The van der Waals surface area contributed by atoms with E-state index < -0.39 is 28.3 Å². The van der Waals surface area contributed by atoms with E-state index in [-0.39, 0.29) is 11.7 Å². The summed E-state index contributed by atoms with van der Waals surface area (Å²) < 4.78 is 43.4. The Bertz CT molecular complexity index is 869. The minimum absolute atomic E-state index is 0.217. The first-order chi connectivity index (χ1) is 12.2. The third-order valence-electron chi connectivity index (χ3n) is 3.79. The fourth-order valence-corrected chi connectivity index (χ4v) is 3.38. The van der Waals surface area contributed by atoms with Gasteiger partial charge in [-0.1, -0.05) is 18.2 Å². The standard InChI is InChI=1S/C18H21FN2O4S/c1-13(16-6-4-5-7-17(16)25-2)20-18(22)12-21(26(3,23)24)15-10-8-14(19)9-11-15/h4-11,13H,12H2,1-3H3,(H,20,22)/t13-/m1/s1. The van der Waals surface area contributed by atoms with Crippen molar-refractivity contribution in [3.05, 3.63) is 59.9 Å². The third kappa shape index (κ3) is 4.95. The first kappa shape index (κ1) is 19.7. The van der Waals surface area contributed by atoms with Crippen LogP contribution >= 0.6 is 0 Å². The summed E-state index contributed by atoms with van der Waals surface area (Å²) in [6.45, 7) is 1.36. The average Bonchev–Trinajstić information content (AvgIpc) is 2.59. The Morgan fingerprint density at radius 1 is 1.19 bits per heavy atom. The van der Waals surface area contributed by atoms with Gasteiger partial charge in [-0.15, -0.1) is 0 Å². The summed E-state index contributed by atoms with van der Waals surface area (Å²) in [6.07, 6.45) is 0.993. The Labute approximate surface area is 152 Å². The molecular weight excluding hydrogens is 359 g/mol. The number of hydrogen-bond acceptors (Lipinski definition) is 4. The molecule has 0 saturated heterocycles. The number of methoxy groups -OCH3 is 1. The summed E-state index contributed by atoms with van der Waals surface area (Å²) in [6, 6.07) is 11.8. The highest BCUT2D eigenvalue weighted by atomic mass is 32.2. The van der Waals surface area contributed by atoms with E-state index in [0.29, 0.717) is 5.75 Å². The molecular formula is C18H21FN2O4S. The van der Waals surface area contributed by atoms with Gasteiger partial charge >= 0.3 is 0 Å². The highest BCUT2D eigenvalue weighted by molar-refractivity contribution is 7.92. The van der Waals surface area contributed by atoms with Crippen molar-refractivity contribution in [1.29, 1.82) is 0 Å². The van der Waals surface area contributed by atoms with Crippen LogP contribution in [0.15, 0.2) is 48.5 Å². The topological polar surface area (TPSA) is 75.7 Å². The van der Waals surface area contributed by atoms with E-state index in [1.165, 1.54) is 19.2 Å². The van der Waals surface area contributed by atoms with Crippen molar-refractivity contribution < 1.29 is 22.3 Å². The molecule has 0 aliphatic rings. The second kappa shape index (κ2) is 8.18. The Morgan fingerprint density at radius 3 is 2.38 bits per heavy atom. The zero-order chi connectivity index (χ0) is 19.3. The van der Waals surface area contributed by atoms with Crippen LogP contribution in [0, 0.1) is 5.82 Å². The Morgan fingerprint density at radius 2 is 1.81 bits per heavy atom. The average molecular weight is 380 g/mol. The molecule has 1 N–H and O–H groups in total. The van der Waals surface area contributed by atoms with E-state index in [0.717, 1.165) is 28.3 Å². The predicted molar refractivity (Wildman–Crippen MR) is 98.1 cm³/mol. The molecule has 26 heavy (non-hydrogen) atoms. The maximum Gasteiger partial charge on any atom is 0.241 e. The molecule has 8 heteroatoms. The monoisotopic (exact) mass is 380 g/mol. The SMILES string of the molecule is COc1ccccc1[C@@H](C)NC(=O)CN(c1ccc(F)cc1)S(C)(=O)=O. The van der Waals surface area contributed by atoms with Gasteiger partial charge in [-0.2, -0.15) is 0 Å². The minimum Gasteiger partial charge on any atom is -0.496 e. The molecule has 0 saturated carbocycles. The summed E-state index contributed by atoms with van der Waals surface area (Å²) >= 11 is 0. The summed E-state index contributed by atoms with van der Waals surface area (Å²) in [5.41, 5.74) is 0.991. The normalized spacial score (nSPS) is 12.3. The number of rotatable bonds is 7. The van der Waals surface area contributed by atoms with Crippen molar-refractivity contribution in [2.45, 2.75) is 13.0 Å². The number of carbonyl (C=O) groups excluding carboxylic acids is 1. The third-order valence-corrected chi connectivity index (χ3v) is 4.93. The summed E-state index contributed by atoms with van der Waals surface area (Å²) in [4.78, 5) is 12.4. The molecule has 0 aliphatic carbocycles. The number of benzene rings is 2. The molecule has 1 amide bonds. The first-order valence-electron chi connectivity index (χ1n) is 7.88. The molecule has 2 aromatic rings. The fraction of sp³-hybridized carbons (Fsp3) is 0.278. The number of ether oxygens (including phenoxy) is 1. The van der Waals surface area contributed by atoms with Gasteiger partial charge in [0.1, 0.15) is 18.1 Å². The summed E-state index contributed by atoms with van der Waals surface area (Å²) in [7, 11) is -2.18. The van der Waals surface area contributed by atoms with Crippen molar-refractivity contribution in [2.24, 2.45) is 0 Å². The zero-order valence-corrected chi connectivity index (χ0v) is 15.6. The summed E-state index contributed by atoms with van der Waals surface area (Å²) in [5, 5.41) is 2.76. The van der Waals surface area contributed by atoms with E-state index >= 15 is 0 Å². The van der Waals surface area contributed by atoms with E-state index in [9.17, 15) is 17.6 Å². The number of anilines is 1. The lowest BCUT2D eigenvalue weighted by atomic mass is 10.1. The minimum atomic E-state index is -3.71. The lowest BCUT2D eigenvalue weighted by Gasteiger charge is -2.23. The van der Waals surface area contributed by atoms with E-state index in [4.69, 9.17) is 4.74 Å². The predicted octanol–water partition coefficient (Wildman–Crippen LogP) is 2.48. The van der Waals surface area contributed by atoms with Crippen LogP contribution in [0.25, 0.3) is 0 Å². The van der Waals surface area contributed by atoms with Gasteiger partial charge in [-0.05, 0) is 37.3 Å². The van der Waals surface area contributed by atoms with Crippen LogP contribution in [0.5, 0.6) is 5.75 Å². The van der Waals surface area contributed by atoms with Gasteiger partial charge in [-0.25, -0.2) is 12.8 Å². The quantitative estimate of drug-likeness (QED) is 0.801. The number of halogens is 1. The van der Waals surface area contributed by atoms with E-state index in [1.807, 2.05) is 18.2 Å². The maximum atomic E-state index is 13.1. The Hall–Kier alpha value is -2.61. The molecule has 0 unspecified atom stereocenters. The zero-order valence-electron chi connectivity index (χ0n) is 14.8. The smallest absolute Gasteiger partial charge is 0.241 e. The molecule has 0 heterocycles. The lowest BCUT2D eigenvalue weighted by Crippen LogP contribution is -2.41. The maximum absolute atomic E-state index is 13.1. The van der Waals surface area contributed by atoms with Gasteiger partial charge in [0.05, 0.1) is 25.1 Å². The van der Waals surface area contributed by atoms with Crippen LogP contribution in [0.1, 0.15) is 18.5 Å². The molecule has 0 radical (unpaired) electrons. The van der Waals surface area contributed by atoms with E-state index in [1.54, 1.807) is 13.0 Å². The van der Waals surface area contributed by atoms with Crippen LogP contribution < -0.4 is 14.4 Å².